The van der Waals surface area contributed by atoms with Crippen LogP contribution in [0.15, 0.2) is 35.1 Å². The molecule has 1 fully saturated rings. The number of anilines is 1. The van der Waals surface area contributed by atoms with E-state index in [9.17, 15) is 9.59 Å². The zero-order valence-corrected chi connectivity index (χ0v) is 14.8. The van der Waals surface area contributed by atoms with E-state index >= 15 is 0 Å². The van der Waals surface area contributed by atoms with E-state index in [1.54, 1.807) is 11.5 Å². The molecule has 0 spiro atoms. The smallest absolute Gasteiger partial charge is 0.348 e. The highest BCUT2D eigenvalue weighted by Crippen LogP contribution is 2.24. The van der Waals surface area contributed by atoms with Gasteiger partial charge in [0.2, 0.25) is 0 Å². The summed E-state index contributed by atoms with van der Waals surface area (Å²) in [5, 5.41) is 2.93. The van der Waals surface area contributed by atoms with Gasteiger partial charge in [-0.1, -0.05) is 12.1 Å². The van der Waals surface area contributed by atoms with Crippen LogP contribution in [-0.4, -0.2) is 35.1 Å². The van der Waals surface area contributed by atoms with Crippen LogP contribution in [0, 0.1) is 13.8 Å². The Morgan fingerprint density at radius 3 is 2.64 bits per heavy atom. The molecular weight excluding hydrogens is 316 g/mol. The van der Waals surface area contributed by atoms with Gasteiger partial charge < -0.3 is 10.2 Å². The third-order valence-electron chi connectivity index (χ3n) is 4.56. The largest absolute Gasteiger partial charge is 0.371 e. The first kappa shape index (κ1) is 17.2. The molecule has 1 N–H and O–H groups in total. The Morgan fingerprint density at radius 1 is 1.20 bits per heavy atom. The van der Waals surface area contributed by atoms with Gasteiger partial charge in [0.15, 0.2) is 0 Å². The molecule has 1 amide bonds. The summed E-state index contributed by atoms with van der Waals surface area (Å²) in [7, 11) is 0. The zero-order chi connectivity index (χ0) is 17.8. The highest BCUT2D eigenvalue weighted by Gasteiger charge is 2.18. The second-order valence-electron chi connectivity index (χ2n) is 6.44. The predicted octanol–water partition coefficient (Wildman–Crippen LogP) is 1.89. The Labute approximate surface area is 147 Å². The molecule has 2 heterocycles. The van der Waals surface area contributed by atoms with Crippen molar-refractivity contribution in [1.29, 1.82) is 0 Å². The molecule has 0 aliphatic carbocycles. The van der Waals surface area contributed by atoms with Gasteiger partial charge in [-0.05, 0) is 44.9 Å². The van der Waals surface area contributed by atoms with Crippen LogP contribution in [0.4, 0.5) is 5.69 Å². The van der Waals surface area contributed by atoms with Gasteiger partial charge in [-0.15, -0.1) is 0 Å². The molecule has 1 aromatic carbocycles. The van der Waals surface area contributed by atoms with Crippen LogP contribution in [-0.2, 0) is 6.54 Å². The number of nitrogens with zero attached hydrogens (tertiary/aromatic N) is 3. The number of hydrogen-bond acceptors (Lipinski definition) is 4. The van der Waals surface area contributed by atoms with Gasteiger partial charge >= 0.3 is 5.69 Å². The van der Waals surface area contributed by atoms with Crippen molar-refractivity contribution in [3.63, 3.8) is 0 Å². The SMILES string of the molecule is Cc1cc(C)n(CCNC(=O)c2ccccc2N2CCCC2)c(=O)n1. The summed E-state index contributed by atoms with van der Waals surface area (Å²) in [5.41, 5.74) is 2.97. The number of aromatic nitrogens is 2. The quantitative estimate of drug-likeness (QED) is 0.903. The van der Waals surface area contributed by atoms with Crippen molar-refractivity contribution in [2.75, 3.05) is 24.5 Å². The Kier molecular flexibility index (Phi) is 5.16. The average Bonchev–Trinajstić information content (AvgIpc) is 3.11. The number of benzene rings is 1. The van der Waals surface area contributed by atoms with E-state index in [4.69, 9.17) is 0 Å². The first-order valence-electron chi connectivity index (χ1n) is 8.73. The molecule has 0 unspecified atom stereocenters. The Bertz CT molecular complexity index is 822. The van der Waals surface area contributed by atoms with Crippen LogP contribution in [0.2, 0.25) is 0 Å². The van der Waals surface area contributed by atoms with Crippen molar-refractivity contribution in [3.8, 4) is 0 Å². The van der Waals surface area contributed by atoms with E-state index in [1.807, 2.05) is 37.3 Å². The van der Waals surface area contributed by atoms with Gasteiger partial charge in [-0.3, -0.25) is 9.36 Å². The van der Waals surface area contributed by atoms with Crippen molar-refractivity contribution in [2.24, 2.45) is 0 Å². The van der Waals surface area contributed by atoms with Crippen LogP contribution in [0.5, 0.6) is 0 Å². The van der Waals surface area contributed by atoms with Crippen LogP contribution < -0.4 is 15.9 Å². The maximum absolute atomic E-state index is 12.6. The third kappa shape index (κ3) is 3.90. The number of carbonyl (C=O) groups is 1. The summed E-state index contributed by atoms with van der Waals surface area (Å²) in [5.74, 6) is -0.103. The maximum atomic E-state index is 12.6. The monoisotopic (exact) mass is 340 g/mol. The molecule has 1 aliphatic heterocycles. The Hall–Kier alpha value is -2.63. The van der Waals surface area contributed by atoms with Crippen LogP contribution in [0.3, 0.4) is 0 Å². The summed E-state index contributed by atoms with van der Waals surface area (Å²) in [4.78, 5) is 30.8. The molecule has 0 radical (unpaired) electrons. The van der Waals surface area contributed by atoms with E-state index in [-0.39, 0.29) is 11.6 Å². The fourth-order valence-corrected chi connectivity index (χ4v) is 3.32. The normalized spacial score (nSPS) is 13.9. The summed E-state index contributed by atoms with van der Waals surface area (Å²) >= 11 is 0. The molecule has 2 aromatic rings. The van der Waals surface area contributed by atoms with E-state index in [1.165, 1.54) is 12.8 Å². The maximum Gasteiger partial charge on any atom is 0.348 e. The molecular formula is C19H24N4O2. The van der Waals surface area contributed by atoms with Gasteiger partial charge in [-0.2, -0.15) is 4.98 Å². The van der Waals surface area contributed by atoms with E-state index in [0.29, 0.717) is 24.3 Å². The minimum atomic E-state index is -0.274. The lowest BCUT2D eigenvalue weighted by atomic mass is 10.1. The summed E-state index contributed by atoms with van der Waals surface area (Å²) < 4.78 is 1.58. The molecule has 132 valence electrons. The molecule has 1 aliphatic rings. The fourth-order valence-electron chi connectivity index (χ4n) is 3.32. The first-order valence-corrected chi connectivity index (χ1v) is 8.73. The topological polar surface area (TPSA) is 67.2 Å². The lowest BCUT2D eigenvalue weighted by Gasteiger charge is -2.21. The Morgan fingerprint density at radius 2 is 1.92 bits per heavy atom. The second kappa shape index (κ2) is 7.51. The van der Waals surface area contributed by atoms with E-state index < -0.39 is 0 Å². The molecule has 0 bridgehead atoms. The summed E-state index contributed by atoms with van der Waals surface area (Å²) in [6.45, 7) is 6.46. The highest BCUT2D eigenvalue weighted by molar-refractivity contribution is 5.99. The van der Waals surface area contributed by atoms with E-state index in [0.717, 1.165) is 24.5 Å². The van der Waals surface area contributed by atoms with Crippen molar-refractivity contribution in [2.45, 2.75) is 33.2 Å². The number of para-hydroxylation sites is 1. The number of rotatable bonds is 5. The lowest BCUT2D eigenvalue weighted by Crippen LogP contribution is -2.33. The average molecular weight is 340 g/mol. The van der Waals surface area contributed by atoms with Gasteiger partial charge in [0.1, 0.15) is 0 Å². The van der Waals surface area contributed by atoms with Crippen molar-refractivity contribution < 1.29 is 4.79 Å². The molecule has 3 rings (SSSR count). The summed E-state index contributed by atoms with van der Waals surface area (Å²) in [6, 6.07) is 9.57. The van der Waals surface area contributed by atoms with Crippen LogP contribution in [0.1, 0.15) is 34.6 Å². The molecule has 0 saturated carbocycles. The van der Waals surface area contributed by atoms with Crippen LogP contribution in [0.25, 0.3) is 0 Å². The molecule has 1 aromatic heterocycles. The van der Waals surface area contributed by atoms with Crippen molar-refractivity contribution in [3.05, 3.63) is 57.8 Å². The molecule has 25 heavy (non-hydrogen) atoms. The number of aryl methyl sites for hydroxylation is 2. The zero-order valence-electron chi connectivity index (χ0n) is 14.8. The molecule has 0 atom stereocenters. The fraction of sp³-hybridized carbons (Fsp3) is 0.421. The third-order valence-corrected chi connectivity index (χ3v) is 4.56. The van der Waals surface area contributed by atoms with Gasteiger partial charge in [0, 0.05) is 43.3 Å². The summed E-state index contributed by atoms with van der Waals surface area (Å²) in [6.07, 6.45) is 2.33. The minimum Gasteiger partial charge on any atom is -0.371 e. The minimum absolute atomic E-state index is 0.103. The van der Waals surface area contributed by atoms with Crippen molar-refractivity contribution in [1.82, 2.24) is 14.9 Å². The first-order chi connectivity index (χ1) is 12.1. The highest BCUT2D eigenvalue weighted by atomic mass is 16.2. The van der Waals surface area contributed by atoms with Gasteiger partial charge in [-0.25, -0.2) is 4.79 Å². The molecule has 1 saturated heterocycles. The number of nitrogens with one attached hydrogen (secondary N) is 1. The van der Waals surface area contributed by atoms with Crippen LogP contribution >= 0.6 is 0 Å². The Balaban J connectivity index is 1.67. The molecule has 6 nitrogen and oxygen atoms in total. The predicted molar refractivity (Wildman–Crippen MR) is 98.2 cm³/mol. The standard InChI is InChI=1S/C19H24N4O2/c1-14-13-15(2)23(19(25)21-14)12-9-20-18(24)16-7-3-4-8-17(16)22-10-5-6-11-22/h3-4,7-8,13H,5-6,9-12H2,1-2H3,(H,20,24). The van der Waals surface area contributed by atoms with Gasteiger partial charge in [0.25, 0.3) is 5.91 Å². The van der Waals surface area contributed by atoms with Crippen molar-refractivity contribution >= 4 is 11.6 Å². The number of hydrogen-bond donors (Lipinski definition) is 1. The molecule has 6 heteroatoms. The lowest BCUT2D eigenvalue weighted by molar-refractivity contribution is 0.0952. The van der Waals surface area contributed by atoms with E-state index in [2.05, 4.69) is 15.2 Å². The second-order valence-corrected chi connectivity index (χ2v) is 6.44. The number of carbonyl (C=O) groups excluding carboxylic acids is 1. The van der Waals surface area contributed by atoms with Gasteiger partial charge in [0.05, 0.1) is 5.56 Å². The number of amides is 1.